The Morgan fingerprint density at radius 2 is 1.81 bits per heavy atom. The zero-order valence-corrected chi connectivity index (χ0v) is 9.06. The van der Waals surface area contributed by atoms with Gasteiger partial charge in [0.05, 0.1) is 12.7 Å². The summed E-state index contributed by atoms with van der Waals surface area (Å²) in [6.45, 7) is 1.51. The molecule has 4 heteroatoms. The molecule has 0 bridgehead atoms. The van der Waals surface area contributed by atoms with Crippen molar-refractivity contribution in [2.75, 3.05) is 7.11 Å². The molecule has 0 fully saturated rings. The maximum absolute atomic E-state index is 11.1. The third-order valence-electron chi connectivity index (χ3n) is 2.05. The van der Waals surface area contributed by atoms with Gasteiger partial charge in [-0.1, -0.05) is 12.1 Å². The second kappa shape index (κ2) is 5.11. The monoisotopic (exact) mass is 220 g/mol. The number of hydrogen-bond donors (Lipinski definition) is 1. The van der Waals surface area contributed by atoms with E-state index >= 15 is 0 Å². The molecule has 1 N–H and O–H groups in total. The third-order valence-corrected chi connectivity index (χ3v) is 2.05. The lowest BCUT2D eigenvalue weighted by Gasteiger charge is -2.00. The molecular formula is C12H12O4. The van der Waals surface area contributed by atoms with Gasteiger partial charge in [0, 0.05) is 5.57 Å². The highest BCUT2D eigenvalue weighted by molar-refractivity contribution is 5.92. The lowest BCUT2D eigenvalue weighted by molar-refractivity contribution is -0.132. The SMILES string of the molecule is COC(=O)c1ccc(/C=C(\C)C(=O)O)cc1. The second-order valence-corrected chi connectivity index (χ2v) is 3.25. The highest BCUT2D eigenvalue weighted by Gasteiger charge is 2.04. The summed E-state index contributed by atoms with van der Waals surface area (Å²) >= 11 is 0. The number of carbonyl (C=O) groups excluding carboxylic acids is 1. The largest absolute Gasteiger partial charge is 0.478 e. The topological polar surface area (TPSA) is 63.6 Å². The predicted octanol–water partition coefficient (Wildman–Crippen LogP) is 1.96. The van der Waals surface area contributed by atoms with Gasteiger partial charge in [0.25, 0.3) is 0 Å². The van der Waals surface area contributed by atoms with Crippen LogP contribution >= 0.6 is 0 Å². The van der Waals surface area contributed by atoms with Crippen molar-refractivity contribution >= 4 is 18.0 Å². The van der Waals surface area contributed by atoms with Gasteiger partial charge in [-0.2, -0.15) is 0 Å². The molecular weight excluding hydrogens is 208 g/mol. The van der Waals surface area contributed by atoms with Crippen LogP contribution in [0.4, 0.5) is 0 Å². The molecule has 4 nitrogen and oxygen atoms in total. The van der Waals surface area contributed by atoms with Gasteiger partial charge >= 0.3 is 11.9 Å². The molecule has 84 valence electrons. The number of ether oxygens (including phenoxy) is 1. The lowest BCUT2D eigenvalue weighted by Crippen LogP contribution is -2.00. The number of rotatable bonds is 3. The summed E-state index contributed by atoms with van der Waals surface area (Å²) in [6.07, 6.45) is 1.53. The Hall–Kier alpha value is -2.10. The van der Waals surface area contributed by atoms with Crippen LogP contribution in [-0.2, 0) is 9.53 Å². The van der Waals surface area contributed by atoms with E-state index < -0.39 is 11.9 Å². The van der Waals surface area contributed by atoms with Crippen molar-refractivity contribution in [2.45, 2.75) is 6.92 Å². The molecule has 0 saturated heterocycles. The van der Waals surface area contributed by atoms with Crippen molar-refractivity contribution in [3.05, 3.63) is 41.0 Å². The Morgan fingerprint density at radius 1 is 1.25 bits per heavy atom. The van der Waals surface area contributed by atoms with Gasteiger partial charge in [-0.25, -0.2) is 9.59 Å². The van der Waals surface area contributed by atoms with Crippen LogP contribution in [0.15, 0.2) is 29.8 Å². The van der Waals surface area contributed by atoms with Crippen LogP contribution < -0.4 is 0 Å². The number of methoxy groups -OCH3 is 1. The fourth-order valence-corrected chi connectivity index (χ4v) is 1.15. The van der Waals surface area contributed by atoms with E-state index in [2.05, 4.69) is 4.74 Å². The van der Waals surface area contributed by atoms with Gasteiger partial charge < -0.3 is 9.84 Å². The standard InChI is InChI=1S/C12H12O4/c1-8(11(13)14)7-9-3-5-10(6-4-9)12(15)16-2/h3-7H,1-2H3,(H,13,14)/b8-7+. The van der Waals surface area contributed by atoms with Crippen molar-refractivity contribution in [1.29, 1.82) is 0 Å². The molecule has 0 atom stereocenters. The summed E-state index contributed by atoms with van der Waals surface area (Å²) in [6, 6.07) is 6.51. The number of benzene rings is 1. The molecule has 16 heavy (non-hydrogen) atoms. The molecule has 1 rings (SSSR count). The van der Waals surface area contributed by atoms with Crippen molar-refractivity contribution in [2.24, 2.45) is 0 Å². The first kappa shape index (κ1) is 12.0. The van der Waals surface area contributed by atoms with E-state index in [-0.39, 0.29) is 5.57 Å². The quantitative estimate of drug-likeness (QED) is 0.624. The maximum atomic E-state index is 11.1. The van der Waals surface area contributed by atoms with Crippen molar-refractivity contribution in [3.8, 4) is 0 Å². The zero-order chi connectivity index (χ0) is 12.1. The summed E-state index contributed by atoms with van der Waals surface area (Å²) in [5, 5.41) is 8.68. The maximum Gasteiger partial charge on any atom is 0.337 e. The van der Waals surface area contributed by atoms with Crippen LogP contribution in [0.1, 0.15) is 22.8 Å². The van der Waals surface area contributed by atoms with E-state index in [1.165, 1.54) is 20.1 Å². The summed E-state index contributed by atoms with van der Waals surface area (Å²) in [4.78, 5) is 21.7. The highest BCUT2D eigenvalue weighted by atomic mass is 16.5. The number of esters is 1. The molecule has 0 radical (unpaired) electrons. The third kappa shape index (κ3) is 2.95. The fourth-order valence-electron chi connectivity index (χ4n) is 1.15. The van der Waals surface area contributed by atoms with Crippen LogP contribution in [0.3, 0.4) is 0 Å². The minimum atomic E-state index is -0.961. The van der Waals surface area contributed by atoms with Gasteiger partial charge in [-0.15, -0.1) is 0 Å². The molecule has 1 aromatic carbocycles. The molecule has 0 aliphatic heterocycles. The van der Waals surface area contributed by atoms with Crippen LogP contribution in [0.5, 0.6) is 0 Å². The van der Waals surface area contributed by atoms with Gasteiger partial charge in [0.1, 0.15) is 0 Å². The predicted molar refractivity (Wildman–Crippen MR) is 59.1 cm³/mol. The average Bonchev–Trinajstić information content (AvgIpc) is 2.28. The Kier molecular flexibility index (Phi) is 3.83. The smallest absolute Gasteiger partial charge is 0.337 e. The first-order valence-electron chi connectivity index (χ1n) is 4.64. The minimum Gasteiger partial charge on any atom is -0.478 e. The van der Waals surface area contributed by atoms with E-state index in [1.807, 2.05) is 0 Å². The van der Waals surface area contributed by atoms with Crippen LogP contribution in [0.25, 0.3) is 6.08 Å². The van der Waals surface area contributed by atoms with Gasteiger partial charge in [0.2, 0.25) is 0 Å². The van der Waals surface area contributed by atoms with Crippen molar-refractivity contribution < 1.29 is 19.4 Å². The van der Waals surface area contributed by atoms with E-state index in [4.69, 9.17) is 5.11 Å². The van der Waals surface area contributed by atoms with Gasteiger partial charge in [-0.05, 0) is 30.7 Å². The first-order chi connectivity index (χ1) is 7.54. The zero-order valence-electron chi connectivity index (χ0n) is 9.06. The van der Waals surface area contributed by atoms with Crippen molar-refractivity contribution in [1.82, 2.24) is 0 Å². The van der Waals surface area contributed by atoms with Crippen LogP contribution in [0.2, 0.25) is 0 Å². The summed E-state index contributed by atoms with van der Waals surface area (Å²) < 4.78 is 4.55. The Labute approximate surface area is 93.2 Å². The molecule has 0 unspecified atom stereocenters. The number of hydrogen-bond acceptors (Lipinski definition) is 3. The molecule has 0 aromatic heterocycles. The Balaban J connectivity index is 2.91. The molecule has 0 amide bonds. The Morgan fingerprint density at radius 3 is 2.25 bits per heavy atom. The van der Waals surface area contributed by atoms with E-state index in [0.29, 0.717) is 5.56 Å². The number of aliphatic carboxylic acids is 1. The summed E-state index contributed by atoms with van der Waals surface area (Å²) in [7, 11) is 1.31. The van der Waals surface area contributed by atoms with Gasteiger partial charge in [0.15, 0.2) is 0 Å². The normalized spacial score (nSPS) is 11.0. The summed E-state index contributed by atoms with van der Waals surface area (Å²) in [5.74, 6) is -1.37. The van der Waals surface area contributed by atoms with Crippen LogP contribution in [0, 0.1) is 0 Å². The highest BCUT2D eigenvalue weighted by Crippen LogP contribution is 2.09. The van der Waals surface area contributed by atoms with Crippen LogP contribution in [-0.4, -0.2) is 24.2 Å². The second-order valence-electron chi connectivity index (χ2n) is 3.25. The van der Waals surface area contributed by atoms with E-state index in [9.17, 15) is 9.59 Å². The summed E-state index contributed by atoms with van der Waals surface area (Å²) in [5.41, 5.74) is 1.41. The molecule has 0 aliphatic carbocycles. The number of carboxylic acids is 1. The average molecular weight is 220 g/mol. The first-order valence-corrected chi connectivity index (χ1v) is 4.64. The fraction of sp³-hybridized carbons (Fsp3) is 0.167. The Bertz CT molecular complexity index is 429. The van der Waals surface area contributed by atoms with E-state index in [1.54, 1.807) is 24.3 Å². The number of carboxylic acid groups (broad SMARTS) is 1. The molecule has 0 heterocycles. The van der Waals surface area contributed by atoms with E-state index in [0.717, 1.165) is 5.56 Å². The lowest BCUT2D eigenvalue weighted by atomic mass is 10.1. The molecule has 0 spiro atoms. The molecule has 0 aliphatic rings. The molecule has 1 aromatic rings. The minimum absolute atomic E-state index is 0.241. The molecule has 0 saturated carbocycles. The van der Waals surface area contributed by atoms with Crippen molar-refractivity contribution in [3.63, 3.8) is 0 Å². The number of carbonyl (C=O) groups is 2. The van der Waals surface area contributed by atoms with Gasteiger partial charge in [-0.3, -0.25) is 0 Å².